The zero-order valence-corrected chi connectivity index (χ0v) is 12.6. The number of thioether (sulfide) groups is 1. The molecule has 2 rings (SSSR count). The van der Waals surface area contributed by atoms with Crippen molar-refractivity contribution in [1.29, 1.82) is 0 Å². The van der Waals surface area contributed by atoms with E-state index in [9.17, 15) is 4.79 Å². The standard InChI is InChI=1S/C14H16N2O4S/c1-3-19-14(17)10-5-4-6-12(21-2)11(10)9-20-13-7-8-16(18)15-13/h4-8,18H,3,9H2,1-2H3. The van der Waals surface area contributed by atoms with Crippen molar-refractivity contribution in [1.82, 2.24) is 9.94 Å². The lowest BCUT2D eigenvalue weighted by molar-refractivity contribution is 0.0522. The first-order valence-corrected chi connectivity index (χ1v) is 7.59. The van der Waals surface area contributed by atoms with Gasteiger partial charge in [0.2, 0.25) is 5.88 Å². The Balaban J connectivity index is 2.24. The van der Waals surface area contributed by atoms with Gasteiger partial charge in [0.1, 0.15) is 6.61 Å². The van der Waals surface area contributed by atoms with Crippen molar-refractivity contribution < 1.29 is 19.5 Å². The fraction of sp³-hybridized carbons (Fsp3) is 0.286. The molecule has 0 spiro atoms. The van der Waals surface area contributed by atoms with Gasteiger partial charge in [-0.2, -0.15) is 0 Å². The third kappa shape index (κ3) is 3.69. The Kier molecular flexibility index (Phi) is 5.10. The van der Waals surface area contributed by atoms with Crippen LogP contribution in [0.3, 0.4) is 0 Å². The van der Waals surface area contributed by atoms with E-state index in [0.29, 0.717) is 17.0 Å². The minimum atomic E-state index is -0.375. The molecule has 1 N–H and O–H groups in total. The van der Waals surface area contributed by atoms with Crippen LogP contribution in [0.2, 0.25) is 0 Å². The van der Waals surface area contributed by atoms with Crippen LogP contribution in [0, 0.1) is 0 Å². The number of aromatic nitrogens is 2. The monoisotopic (exact) mass is 308 g/mol. The molecule has 6 nitrogen and oxygen atoms in total. The quantitative estimate of drug-likeness (QED) is 0.502. The molecule has 0 aliphatic rings. The summed E-state index contributed by atoms with van der Waals surface area (Å²) in [5.74, 6) is -0.0945. The van der Waals surface area contributed by atoms with E-state index >= 15 is 0 Å². The summed E-state index contributed by atoms with van der Waals surface area (Å²) in [7, 11) is 0. The number of rotatable bonds is 6. The van der Waals surface area contributed by atoms with Gasteiger partial charge in [0.15, 0.2) is 0 Å². The lowest BCUT2D eigenvalue weighted by Gasteiger charge is -2.12. The maximum atomic E-state index is 12.0. The number of ether oxygens (including phenoxy) is 2. The highest BCUT2D eigenvalue weighted by Crippen LogP contribution is 2.25. The summed E-state index contributed by atoms with van der Waals surface area (Å²) in [5, 5.41) is 12.8. The topological polar surface area (TPSA) is 73.6 Å². The number of carbonyl (C=O) groups is 1. The molecule has 21 heavy (non-hydrogen) atoms. The lowest BCUT2D eigenvalue weighted by Crippen LogP contribution is -2.11. The highest BCUT2D eigenvalue weighted by Gasteiger charge is 2.16. The van der Waals surface area contributed by atoms with Gasteiger partial charge in [-0.05, 0) is 25.3 Å². The molecule has 1 heterocycles. The van der Waals surface area contributed by atoms with E-state index in [2.05, 4.69) is 5.10 Å². The summed E-state index contributed by atoms with van der Waals surface area (Å²) >= 11 is 1.52. The van der Waals surface area contributed by atoms with Crippen LogP contribution in [0.25, 0.3) is 0 Å². The molecule has 1 aromatic carbocycles. The molecule has 0 bridgehead atoms. The van der Waals surface area contributed by atoms with E-state index in [0.717, 1.165) is 10.5 Å². The molecule has 0 amide bonds. The van der Waals surface area contributed by atoms with Crippen LogP contribution in [0.15, 0.2) is 35.4 Å². The third-order valence-corrected chi connectivity index (χ3v) is 3.59. The van der Waals surface area contributed by atoms with Crippen LogP contribution < -0.4 is 4.74 Å². The molecular weight excluding hydrogens is 292 g/mol. The Morgan fingerprint density at radius 3 is 2.86 bits per heavy atom. The summed E-state index contributed by atoms with van der Waals surface area (Å²) in [4.78, 5) is 13.6. The van der Waals surface area contributed by atoms with Crippen LogP contribution >= 0.6 is 11.8 Å². The SMILES string of the molecule is CCOC(=O)c1cccc(SC)c1COc1ccn(O)n1. The zero-order chi connectivity index (χ0) is 15.2. The Bertz CT molecular complexity index is 627. The third-order valence-electron chi connectivity index (χ3n) is 2.76. The average Bonchev–Trinajstić information content (AvgIpc) is 2.90. The molecule has 0 atom stereocenters. The van der Waals surface area contributed by atoms with E-state index in [1.54, 1.807) is 13.0 Å². The molecule has 0 unspecified atom stereocenters. The Hall–Kier alpha value is -2.15. The predicted molar refractivity (Wildman–Crippen MR) is 77.9 cm³/mol. The maximum Gasteiger partial charge on any atom is 0.338 e. The van der Waals surface area contributed by atoms with Crippen LogP contribution in [-0.4, -0.2) is 34.0 Å². The number of carbonyl (C=O) groups excluding carboxylic acids is 1. The number of benzene rings is 1. The van der Waals surface area contributed by atoms with Gasteiger partial charge in [0.05, 0.1) is 18.4 Å². The minimum Gasteiger partial charge on any atom is -0.472 e. The average molecular weight is 308 g/mol. The van der Waals surface area contributed by atoms with Gasteiger partial charge < -0.3 is 14.7 Å². The van der Waals surface area contributed by atoms with Gasteiger partial charge >= 0.3 is 5.97 Å². The molecule has 2 aromatic rings. The van der Waals surface area contributed by atoms with Crippen molar-refractivity contribution in [3.05, 3.63) is 41.6 Å². The number of esters is 1. The molecule has 7 heteroatoms. The van der Waals surface area contributed by atoms with Crippen LogP contribution in [0.5, 0.6) is 5.88 Å². The summed E-state index contributed by atoms with van der Waals surface area (Å²) in [5.41, 5.74) is 1.23. The fourth-order valence-corrected chi connectivity index (χ4v) is 2.46. The smallest absolute Gasteiger partial charge is 0.338 e. The van der Waals surface area contributed by atoms with E-state index in [4.69, 9.17) is 14.7 Å². The van der Waals surface area contributed by atoms with Crippen molar-refractivity contribution in [2.75, 3.05) is 12.9 Å². The second-order valence-electron chi connectivity index (χ2n) is 4.07. The van der Waals surface area contributed by atoms with Crippen molar-refractivity contribution >= 4 is 17.7 Å². The number of hydrogen-bond acceptors (Lipinski definition) is 6. The predicted octanol–water partition coefficient (Wildman–Crippen LogP) is 2.60. The van der Waals surface area contributed by atoms with Crippen molar-refractivity contribution in [3.63, 3.8) is 0 Å². The number of hydrogen-bond donors (Lipinski definition) is 1. The molecule has 112 valence electrons. The first-order valence-electron chi connectivity index (χ1n) is 6.36. The Morgan fingerprint density at radius 1 is 1.43 bits per heavy atom. The number of nitrogens with zero attached hydrogens (tertiary/aromatic N) is 2. The van der Waals surface area contributed by atoms with Crippen molar-refractivity contribution in [2.45, 2.75) is 18.4 Å². The fourth-order valence-electron chi connectivity index (χ4n) is 1.83. The summed E-state index contributed by atoms with van der Waals surface area (Å²) < 4.78 is 10.6. The molecule has 0 aliphatic heterocycles. The van der Waals surface area contributed by atoms with Crippen LogP contribution in [0.1, 0.15) is 22.8 Å². The highest BCUT2D eigenvalue weighted by atomic mass is 32.2. The molecule has 0 fully saturated rings. The normalized spacial score (nSPS) is 10.4. The van der Waals surface area contributed by atoms with Gasteiger partial charge in [0.25, 0.3) is 0 Å². The molecule has 1 aromatic heterocycles. The first kappa shape index (κ1) is 15.2. The molecular formula is C14H16N2O4S. The van der Waals surface area contributed by atoms with Gasteiger partial charge in [-0.25, -0.2) is 4.79 Å². The van der Waals surface area contributed by atoms with Gasteiger partial charge in [-0.15, -0.1) is 16.6 Å². The molecule has 0 saturated heterocycles. The van der Waals surface area contributed by atoms with Gasteiger partial charge in [0, 0.05) is 16.5 Å². The largest absolute Gasteiger partial charge is 0.472 e. The Labute approximate surface area is 126 Å². The zero-order valence-electron chi connectivity index (χ0n) is 11.8. The summed E-state index contributed by atoms with van der Waals surface area (Å²) in [6.45, 7) is 2.25. The highest BCUT2D eigenvalue weighted by molar-refractivity contribution is 7.98. The van der Waals surface area contributed by atoms with Gasteiger partial charge in [-0.3, -0.25) is 0 Å². The van der Waals surface area contributed by atoms with Crippen LogP contribution in [-0.2, 0) is 11.3 Å². The first-order chi connectivity index (χ1) is 10.2. The van der Waals surface area contributed by atoms with Gasteiger partial charge in [-0.1, -0.05) is 11.2 Å². The lowest BCUT2D eigenvalue weighted by atomic mass is 10.1. The van der Waals surface area contributed by atoms with E-state index in [1.165, 1.54) is 24.0 Å². The van der Waals surface area contributed by atoms with E-state index < -0.39 is 0 Å². The second-order valence-corrected chi connectivity index (χ2v) is 4.92. The second kappa shape index (κ2) is 7.03. The Morgan fingerprint density at radius 2 is 2.24 bits per heavy atom. The van der Waals surface area contributed by atoms with E-state index in [1.807, 2.05) is 18.4 Å². The van der Waals surface area contributed by atoms with Crippen molar-refractivity contribution in [3.8, 4) is 5.88 Å². The maximum absolute atomic E-state index is 12.0. The van der Waals surface area contributed by atoms with E-state index in [-0.39, 0.29) is 18.5 Å². The molecule has 0 saturated carbocycles. The summed E-state index contributed by atoms with van der Waals surface area (Å²) in [6, 6.07) is 6.97. The van der Waals surface area contributed by atoms with Crippen LogP contribution in [0.4, 0.5) is 0 Å². The summed E-state index contributed by atoms with van der Waals surface area (Å²) in [6.07, 6.45) is 3.29. The minimum absolute atomic E-state index is 0.169. The molecule has 0 aliphatic carbocycles. The van der Waals surface area contributed by atoms with Crippen molar-refractivity contribution in [2.24, 2.45) is 0 Å². The molecule has 0 radical (unpaired) electrons.